The lowest BCUT2D eigenvalue weighted by Crippen LogP contribution is -2.32. The number of anilines is 1. The van der Waals surface area contributed by atoms with Crippen LogP contribution < -0.4 is 10.2 Å². The Balaban J connectivity index is 1.44. The van der Waals surface area contributed by atoms with Crippen LogP contribution in [0.2, 0.25) is 0 Å². The molecule has 1 fully saturated rings. The summed E-state index contributed by atoms with van der Waals surface area (Å²) in [5, 5.41) is 29.4. The second-order valence-corrected chi connectivity index (χ2v) is 8.70. The summed E-state index contributed by atoms with van der Waals surface area (Å²) >= 11 is 1.57. The van der Waals surface area contributed by atoms with Gasteiger partial charge in [0.1, 0.15) is 5.75 Å². The number of nitrogens with one attached hydrogen (secondary N) is 2. The van der Waals surface area contributed by atoms with Crippen LogP contribution in [-0.2, 0) is 0 Å². The zero-order chi connectivity index (χ0) is 21.4. The summed E-state index contributed by atoms with van der Waals surface area (Å²) < 4.78 is 14.7. The highest BCUT2D eigenvalue weighted by Gasteiger charge is 2.21. The van der Waals surface area contributed by atoms with Gasteiger partial charge in [0.25, 0.3) is 0 Å². The number of rotatable bonds is 4. The van der Waals surface area contributed by atoms with E-state index < -0.39 is 5.95 Å². The number of aromatic amines is 1. The van der Waals surface area contributed by atoms with Gasteiger partial charge in [-0.25, -0.2) is 0 Å². The van der Waals surface area contributed by atoms with Crippen molar-refractivity contribution in [2.75, 3.05) is 25.0 Å². The Kier molecular flexibility index (Phi) is 5.24. The number of hydrogen-bond donors (Lipinski definition) is 3. The number of aromatic hydroxyl groups is 1. The lowest BCUT2D eigenvalue weighted by atomic mass is 10.0. The molecule has 0 amide bonds. The molecule has 0 saturated carbocycles. The van der Waals surface area contributed by atoms with Crippen molar-refractivity contribution in [3.8, 4) is 28.1 Å². The summed E-state index contributed by atoms with van der Waals surface area (Å²) in [4.78, 5) is 6.91. The summed E-state index contributed by atoms with van der Waals surface area (Å²) in [5.74, 6) is -0.543. The van der Waals surface area contributed by atoms with E-state index >= 15 is 0 Å². The predicted octanol–water partition coefficient (Wildman–Crippen LogP) is 3.57. The van der Waals surface area contributed by atoms with E-state index in [4.69, 9.17) is 0 Å². The van der Waals surface area contributed by atoms with Crippen molar-refractivity contribution in [3.05, 3.63) is 36.4 Å². The summed E-state index contributed by atoms with van der Waals surface area (Å²) in [5.41, 5.74) is 2.49. The molecule has 5 rings (SSSR count). The molecule has 1 saturated heterocycles. The van der Waals surface area contributed by atoms with Gasteiger partial charge < -0.3 is 15.3 Å². The van der Waals surface area contributed by atoms with Gasteiger partial charge in [-0.2, -0.15) is 14.5 Å². The molecule has 1 aliphatic heterocycles. The number of phenolic OH excluding ortho intramolecular Hbond substituents is 1. The molecule has 10 heteroatoms. The van der Waals surface area contributed by atoms with Crippen molar-refractivity contribution in [1.82, 2.24) is 30.7 Å². The van der Waals surface area contributed by atoms with Gasteiger partial charge in [-0.1, -0.05) is 17.4 Å². The second-order valence-electron chi connectivity index (χ2n) is 7.69. The molecular formula is C21H22FN7OS. The van der Waals surface area contributed by atoms with Crippen LogP contribution in [0.4, 0.5) is 9.52 Å². The normalized spacial score (nSPS) is 17.0. The van der Waals surface area contributed by atoms with Crippen LogP contribution in [0.5, 0.6) is 5.75 Å². The van der Waals surface area contributed by atoms with E-state index in [9.17, 15) is 9.50 Å². The number of benzene rings is 1. The Hall–Kier alpha value is -3.11. The number of halogens is 1. The third kappa shape index (κ3) is 3.84. The van der Waals surface area contributed by atoms with E-state index in [1.807, 2.05) is 6.07 Å². The molecule has 0 radical (unpaired) electrons. The predicted molar refractivity (Wildman–Crippen MR) is 119 cm³/mol. The summed E-state index contributed by atoms with van der Waals surface area (Å²) in [7, 11) is 2.08. The molecule has 3 N–H and O–H groups in total. The number of fused-ring (bicyclic) bond motifs is 1. The first-order chi connectivity index (χ1) is 15.1. The number of phenols is 1. The maximum Gasteiger partial charge on any atom is 0.216 e. The Morgan fingerprint density at radius 2 is 2.06 bits per heavy atom. The SMILES string of the molecule is CN(c1nc2nnc(-c3ccc(-c4cn[nH]c4F)cc3O)cc2s1)C1CCCNCC1. The lowest BCUT2D eigenvalue weighted by Gasteiger charge is -2.26. The van der Waals surface area contributed by atoms with Crippen LogP contribution >= 0.6 is 11.3 Å². The van der Waals surface area contributed by atoms with Gasteiger partial charge in [-0.15, -0.1) is 10.2 Å². The number of aromatic nitrogens is 5. The molecule has 1 unspecified atom stereocenters. The van der Waals surface area contributed by atoms with Crippen molar-refractivity contribution in [3.63, 3.8) is 0 Å². The first-order valence-corrected chi connectivity index (χ1v) is 11.0. The Morgan fingerprint density at radius 1 is 1.16 bits per heavy atom. The fraction of sp³-hybridized carbons (Fsp3) is 0.333. The number of H-pyrrole nitrogens is 1. The lowest BCUT2D eigenvalue weighted by molar-refractivity contribution is 0.477. The Labute approximate surface area is 182 Å². The molecular weight excluding hydrogens is 417 g/mol. The maximum atomic E-state index is 13.8. The van der Waals surface area contributed by atoms with Crippen LogP contribution in [0.3, 0.4) is 0 Å². The van der Waals surface area contributed by atoms with Crippen LogP contribution in [0.1, 0.15) is 19.3 Å². The van der Waals surface area contributed by atoms with Gasteiger partial charge in [0, 0.05) is 18.7 Å². The fourth-order valence-corrected chi connectivity index (χ4v) is 4.92. The van der Waals surface area contributed by atoms with Crippen molar-refractivity contribution in [1.29, 1.82) is 0 Å². The summed E-state index contributed by atoms with van der Waals surface area (Å²) in [6, 6.07) is 7.27. The third-order valence-corrected chi connectivity index (χ3v) is 6.80. The smallest absolute Gasteiger partial charge is 0.216 e. The molecule has 1 atom stereocenters. The Bertz CT molecular complexity index is 1220. The maximum absolute atomic E-state index is 13.8. The molecule has 0 aliphatic carbocycles. The molecule has 8 nitrogen and oxygen atoms in total. The second kappa shape index (κ2) is 8.20. The zero-order valence-corrected chi connectivity index (χ0v) is 17.8. The molecule has 160 valence electrons. The van der Waals surface area contributed by atoms with Gasteiger partial charge in [-0.3, -0.25) is 5.10 Å². The van der Waals surface area contributed by atoms with Gasteiger partial charge >= 0.3 is 0 Å². The van der Waals surface area contributed by atoms with Crippen molar-refractivity contribution in [2.45, 2.75) is 25.3 Å². The number of nitrogens with zero attached hydrogens (tertiary/aromatic N) is 5. The van der Waals surface area contributed by atoms with E-state index in [2.05, 4.69) is 42.6 Å². The van der Waals surface area contributed by atoms with Crippen molar-refractivity contribution < 1.29 is 9.50 Å². The third-order valence-electron chi connectivity index (χ3n) is 5.72. The molecule has 0 spiro atoms. The average molecular weight is 440 g/mol. The highest BCUT2D eigenvalue weighted by atomic mass is 32.1. The van der Waals surface area contributed by atoms with Gasteiger partial charge in [0.2, 0.25) is 5.95 Å². The topological polar surface area (TPSA) is 103 Å². The highest BCUT2D eigenvalue weighted by molar-refractivity contribution is 7.22. The average Bonchev–Trinajstić information content (AvgIpc) is 3.29. The summed E-state index contributed by atoms with van der Waals surface area (Å²) in [6.07, 6.45) is 4.76. The molecule has 3 aromatic heterocycles. The Morgan fingerprint density at radius 3 is 2.87 bits per heavy atom. The molecule has 1 aromatic carbocycles. The number of hydrogen-bond acceptors (Lipinski definition) is 8. The van der Waals surface area contributed by atoms with E-state index in [-0.39, 0.29) is 5.75 Å². The molecule has 4 aromatic rings. The van der Waals surface area contributed by atoms with Crippen molar-refractivity contribution in [2.24, 2.45) is 0 Å². The largest absolute Gasteiger partial charge is 0.507 e. The van der Waals surface area contributed by atoms with Crippen molar-refractivity contribution >= 4 is 26.8 Å². The van der Waals surface area contributed by atoms with Gasteiger partial charge in [0.05, 0.1) is 22.2 Å². The van der Waals surface area contributed by atoms with Gasteiger partial charge in [0.15, 0.2) is 10.8 Å². The minimum absolute atomic E-state index is 0.000405. The monoisotopic (exact) mass is 439 g/mol. The molecule has 0 bridgehead atoms. The van der Waals surface area contributed by atoms with E-state index in [0.717, 1.165) is 42.2 Å². The van der Waals surface area contributed by atoms with E-state index in [0.29, 0.717) is 34.1 Å². The van der Waals surface area contributed by atoms with Crippen LogP contribution in [0, 0.1) is 5.95 Å². The minimum atomic E-state index is -0.542. The minimum Gasteiger partial charge on any atom is -0.507 e. The molecule has 1 aliphatic rings. The molecule has 31 heavy (non-hydrogen) atoms. The standard InChI is InChI=1S/C21H22FN7OS/c1-29(13-3-2-7-23-8-6-13)21-25-20-18(31-21)10-16(26-28-20)14-5-4-12(9-17(14)30)15-11-24-27-19(15)22/h4-5,9-11,13,23,30H,2-3,6-8H2,1H3,(H,24,27). The van der Waals surface area contributed by atoms with Crippen LogP contribution in [0.25, 0.3) is 32.7 Å². The van der Waals surface area contributed by atoms with Crippen LogP contribution in [-0.4, -0.2) is 56.7 Å². The first-order valence-electron chi connectivity index (χ1n) is 10.2. The quantitative estimate of drug-likeness (QED) is 0.447. The van der Waals surface area contributed by atoms with Crippen LogP contribution in [0.15, 0.2) is 30.5 Å². The zero-order valence-electron chi connectivity index (χ0n) is 17.0. The first kappa shape index (κ1) is 19.8. The highest BCUT2D eigenvalue weighted by Crippen LogP contribution is 2.36. The summed E-state index contributed by atoms with van der Waals surface area (Å²) in [6.45, 7) is 2.08. The van der Waals surface area contributed by atoms with E-state index in [1.54, 1.807) is 23.5 Å². The number of thiazole rings is 1. The van der Waals surface area contributed by atoms with E-state index in [1.165, 1.54) is 12.3 Å². The fourth-order valence-electron chi connectivity index (χ4n) is 3.95. The van der Waals surface area contributed by atoms with Gasteiger partial charge in [-0.05, 0) is 56.1 Å². The molecule has 4 heterocycles.